The second-order valence-electron chi connectivity index (χ2n) is 8.60. The van der Waals surface area contributed by atoms with E-state index in [2.05, 4.69) is 21.9 Å². The molecule has 2 amide bonds. The monoisotopic (exact) mass is 383 g/mol. The van der Waals surface area contributed by atoms with Gasteiger partial charge in [-0.05, 0) is 31.2 Å². The van der Waals surface area contributed by atoms with Crippen LogP contribution in [0.1, 0.15) is 50.5 Å². The zero-order valence-electron chi connectivity index (χ0n) is 16.9. The van der Waals surface area contributed by atoms with E-state index in [0.717, 1.165) is 58.4 Å². The quantitative estimate of drug-likeness (QED) is 0.803. The minimum absolute atomic E-state index is 0.00607. The van der Waals surface area contributed by atoms with Gasteiger partial charge in [-0.1, -0.05) is 49.6 Å². The van der Waals surface area contributed by atoms with Crippen LogP contribution in [-0.4, -0.2) is 65.3 Å². The van der Waals surface area contributed by atoms with Gasteiger partial charge in [0.15, 0.2) is 0 Å². The number of benzene rings is 1. The number of amides is 2. The molecule has 0 radical (unpaired) electrons. The maximum atomic E-state index is 13.0. The van der Waals surface area contributed by atoms with Gasteiger partial charge in [0, 0.05) is 45.2 Å². The Labute approximate surface area is 168 Å². The highest BCUT2D eigenvalue weighted by atomic mass is 16.2. The molecular weight excluding hydrogens is 350 g/mol. The van der Waals surface area contributed by atoms with E-state index in [1.54, 1.807) is 0 Å². The van der Waals surface area contributed by atoms with Crippen LogP contribution in [0.3, 0.4) is 0 Å². The molecule has 0 spiro atoms. The molecule has 5 heteroatoms. The lowest BCUT2D eigenvalue weighted by Gasteiger charge is -2.29. The number of likely N-dealkylation sites (tertiary alicyclic amines) is 1. The zero-order valence-corrected chi connectivity index (χ0v) is 16.9. The Morgan fingerprint density at radius 3 is 2.43 bits per heavy atom. The number of carbonyl (C=O) groups is 2. The average Bonchev–Trinajstić information content (AvgIpc) is 2.94. The molecule has 0 aromatic heterocycles. The maximum absolute atomic E-state index is 13.0. The summed E-state index contributed by atoms with van der Waals surface area (Å²) in [5.41, 5.74) is 1.19. The van der Waals surface area contributed by atoms with Crippen molar-refractivity contribution in [3.63, 3.8) is 0 Å². The minimum atomic E-state index is -0.00607. The molecule has 2 aliphatic heterocycles. The van der Waals surface area contributed by atoms with Crippen LogP contribution in [0.2, 0.25) is 0 Å². The Bertz CT molecular complexity index is 672. The number of hydrogen-bond acceptors (Lipinski definition) is 3. The van der Waals surface area contributed by atoms with Crippen molar-refractivity contribution in [1.29, 1.82) is 0 Å². The smallest absolute Gasteiger partial charge is 0.240 e. The summed E-state index contributed by atoms with van der Waals surface area (Å²) in [6.45, 7) is 4.91. The molecule has 3 fully saturated rings. The first-order chi connectivity index (χ1) is 13.7. The second kappa shape index (κ2) is 9.08. The van der Waals surface area contributed by atoms with Crippen molar-refractivity contribution < 1.29 is 9.59 Å². The Morgan fingerprint density at radius 1 is 0.857 bits per heavy atom. The van der Waals surface area contributed by atoms with Crippen LogP contribution in [0, 0.1) is 5.92 Å². The van der Waals surface area contributed by atoms with Gasteiger partial charge in [-0.25, -0.2) is 0 Å². The van der Waals surface area contributed by atoms with E-state index in [1.165, 1.54) is 24.8 Å². The molecule has 0 bridgehead atoms. The average molecular weight is 384 g/mol. The minimum Gasteiger partial charge on any atom is -0.341 e. The van der Waals surface area contributed by atoms with E-state index in [0.29, 0.717) is 12.5 Å². The fourth-order valence-corrected chi connectivity index (χ4v) is 5.10. The molecule has 28 heavy (non-hydrogen) atoms. The summed E-state index contributed by atoms with van der Waals surface area (Å²) in [5, 5.41) is 0. The van der Waals surface area contributed by atoms with Gasteiger partial charge in [0.25, 0.3) is 0 Å². The third-order valence-corrected chi connectivity index (χ3v) is 6.72. The van der Waals surface area contributed by atoms with Gasteiger partial charge >= 0.3 is 0 Å². The van der Waals surface area contributed by atoms with E-state index in [-0.39, 0.29) is 17.9 Å². The molecule has 1 saturated carbocycles. The van der Waals surface area contributed by atoms with Crippen LogP contribution in [0.15, 0.2) is 30.3 Å². The van der Waals surface area contributed by atoms with E-state index < -0.39 is 0 Å². The van der Waals surface area contributed by atoms with Crippen molar-refractivity contribution >= 4 is 11.8 Å². The fourth-order valence-electron chi connectivity index (χ4n) is 5.10. The SMILES string of the molecule is O=C(C1CCCCC1)N1CCCN(C2CCN(Cc3ccccc3)C2=O)CC1. The Hall–Kier alpha value is -1.88. The van der Waals surface area contributed by atoms with E-state index in [4.69, 9.17) is 0 Å². The topological polar surface area (TPSA) is 43.9 Å². The Kier molecular flexibility index (Phi) is 6.30. The summed E-state index contributed by atoms with van der Waals surface area (Å²) < 4.78 is 0. The Balaban J connectivity index is 1.31. The van der Waals surface area contributed by atoms with Crippen molar-refractivity contribution in [2.45, 2.75) is 57.5 Å². The third-order valence-electron chi connectivity index (χ3n) is 6.72. The normalized spacial score (nSPS) is 25.1. The first-order valence-electron chi connectivity index (χ1n) is 11.1. The highest BCUT2D eigenvalue weighted by Crippen LogP contribution is 2.26. The highest BCUT2D eigenvalue weighted by Gasteiger charge is 2.37. The van der Waals surface area contributed by atoms with Gasteiger partial charge in [-0.15, -0.1) is 0 Å². The molecule has 1 aromatic carbocycles. The van der Waals surface area contributed by atoms with Crippen LogP contribution in [0.5, 0.6) is 0 Å². The second-order valence-corrected chi connectivity index (χ2v) is 8.60. The number of nitrogens with zero attached hydrogens (tertiary/aromatic N) is 3. The summed E-state index contributed by atoms with van der Waals surface area (Å²) in [7, 11) is 0. The number of carbonyl (C=O) groups excluding carboxylic acids is 2. The van der Waals surface area contributed by atoms with Crippen molar-refractivity contribution in [1.82, 2.24) is 14.7 Å². The zero-order chi connectivity index (χ0) is 19.3. The van der Waals surface area contributed by atoms with Crippen molar-refractivity contribution in [2.75, 3.05) is 32.7 Å². The van der Waals surface area contributed by atoms with Crippen LogP contribution >= 0.6 is 0 Å². The fraction of sp³-hybridized carbons (Fsp3) is 0.652. The third kappa shape index (κ3) is 4.40. The largest absolute Gasteiger partial charge is 0.341 e. The molecule has 1 unspecified atom stereocenters. The maximum Gasteiger partial charge on any atom is 0.240 e. The van der Waals surface area contributed by atoms with Crippen LogP contribution in [-0.2, 0) is 16.1 Å². The number of hydrogen-bond donors (Lipinski definition) is 0. The molecular formula is C23H33N3O2. The van der Waals surface area contributed by atoms with Gasteiger partial charge in [0.05, 0.1) is 6.04 Å². The van der Waals surface area contributed by atoms with Crippen molar-refractivity contribution in [3.8, 4) is 0 Å². The predicted molar refractivity (Wildman–Crippen MR) is 110 cm³/mol. The van der Waals surface area contributed by atoms with Gasteiger partial charge in [-0.2, -0.15) is 0 Å². The molecule has 2 heterocycles. The van der Waals surface area contributed by atoms with Crippen molar-refractivity contribution in [2.24, 2.45) is 5.92 Å². The van der Waals surface area contributed by atoms with Gasteiger partial charge in [-0.3, -0.25) is 14.5 Å². The molecule has 5 nitrogen and oxygen atoms in total. The first kappa shape index (κ1) is 19.4. The molecule has 3 aliphatic rings. The molecule has 2 saturated heterocycles. The summed E-state index contributed by atoms with van der Waals surface area (Å²) in [6, 6.07) is 10.2. The lowest BCUT2D eigenvalue weighted by molar-refractivity contribution is -0.136. The molecule has 1 aromatic rings. The van der Waals surface area contributed by atoms with E-state index in [9.17, 15) is 9.59 Å². The van der Waals surface area contributed by atoms with Gasteiger partial charge < -0.3 is 9.80 Å². The van der Waals surface area contributed by atoms with Crippen LogP contribution < -0.4 is 0 Å². The van der Waals surface area contributed by atoms with E-state index >= 15 is 0 Å². The summed E-state index contributed by atoms with van der Waals surface area (Å²) in [5.74, 6) is 0.871. The van der Waals surface area contributed by atoms with E-state index in [1.807, 2.05) is 23.1 Å². The summed E-state index contributed by atoms with van der Waals surface area (Å²) >= 11 is 0. The first-order valence-corrected chi connectivity index (χ1v) is 11.1. The lowest BCUT2D eigenvalue weighted by atomic mass is 9.88. The van der Waals surface area contributed by atoms with Crippen molar-refractivity contribution in [3.05, 3.63) is 35.9 Å². The standard InChI is InChI=1S/C23H33N3O2/c27-22(20-10-5-2-6-11-20)25-14-7-13-24(16-17-25)21-12-15-26(23(21)28)18-19-8-3-1-4-9-19/h1,3-4,8-9,20-21H,2,5-7,10-18H2. The van der Waals surface area contributed by atoms with Crippen LogP contribution in [0.4, 0.5) is 0 Å². The number of rotatable bonds is 4. The molecule has 1 atom stereocenters. The predicted octanol–water partition coefficient (Wildman–Crippen LogP) is 2.90. The Morgan fingerprint density at radius 2 is 1.64 bits per heavy atom. The molecule has 4 rings (SSSR count). The molecule has 0 N–H and O–H groups in total. The summed E-state index contributed by atoms with van der Waals surface area (Å²) in [6.07, 6.45) is 7.68. The van der Waals surface area contributed by atoms with Crippen LogP contribution in [0.25, 0.3) is 0 Å². The molecule has 1 aliphatic carbocycles. The van der Waals surface area contributed by atoms with Gasteiger partial charge in [0.1, 0.15) is 0 Å². The van der Waals surface area contributed by atoms with Gasteiger partial charge in [0.2, 0.25) is 11.8 Å². The lowest BCUT2D eigenvalue weighted by Crippen LogP contribution is -2.44. The molecule has 152 valence electrons. The highest BCUT2D eigenvalue weighted by molar-refractivity contribution is 5.84. The summed E-state index contributed by atoms with van der Waals surface area (Å²) in [4.78, 5) is 32.3.